The van der Waals surface area contributed by atoms with Crippen LogP contribution in [0.5, 0.6) is 0 Å². The highest BCUT2D eigenvalue weighted by Gasteiger charge is 2.23. The van der Waals surface area contributed by atoms with Crippen LogP contribution in [0.2, 0.25) is 0 Å². The number of aromatic nitrogens is 2. The van der Waals surface area contributed by atoms with E-state index in [4.69, 9.17) is 4.74 Å². The highest BCUT2D eigenvalue weighted by atomic mass is 32.2. The highest BCUT2D eigenvalue weighted by Crippen LogP contribution is 2.27. The van der Waals surface area contributed by atoms with Crippen molar-refractivity contribution in [2.24, 2.45) is 0 Å². The summed E-state index contributed by atoms with van der Waals surface area (Å²) in [5, 5.41) is 0.986. The first-order valence-corrected chi connectivity index (χ1v) is 8.70. The van der Waals surface area contributed by atoms with Crippen LogP contribution in [0, 0.1) is 0 Å². The third kappa shape index (κ3) is 2.69. The normalized spacial score (nSPS) is 10.8. The van der Waals surface area contributed by atoms with E-state index in [1.165, 1.54) is 11.8 Å². The number of fused-ring (bicyclic) bond motifs is 1. The Morgan fingerprint density at radius 1 is 1.25 bits per heavy atom. The average Bonchev–Trinajstić information content (AvgIpc) is 2.62. The van der Waals surface area contributed by atoms with Crippen molar-refractivity contribution in [3.63, 3.8) is 0 Å². The zero-order valence-corrected chi connectivity index (χ0v) is 14.2. The Hall–Kier alpha value is -2.60. The van der Waals surface area contributed by atoms with Gasteiger partial charge in [-0.2, -0.15) is 0 Å². The molecule has 24 heavy (non-hydrogen) atoms. The molecular formula is C18H16N2O3S. The molecule has 0 amide bonds. The Morgan fingerprint density at radius 3 is 2.67 bits per heavy atom. The first kappa shape index (κ1) is 16.3. The summed E-state index contributed by atoms with van der Waals surface area (Å²) in [7, 11) is 0. The van der Waals surface area contributed by atoms with Crippen LogP contribution in [0.15, 0.2) is 58.6 Å². The Balaban J connectivity index is 2.47. The molecule has 0 N–H and O–H groups in total. The van der Waals surface area contributed by atoms with Gasteiger partial charge in [-0.05, 0) is 31.4 Å². The van der Waals surface area contributed by atoms with Gasteiger partial charge in [-0.15, -0.1) is 11.8 Å². The summed E-state index contributed by atoms with van der Waals surface area (Å²) in [4.78, 5) is 29.4. The monoisotopic (exact) mass is 340 g/mol. The van der Waals surface area contributed by atoms with E-state index in [9.17, 15) is 9.59 Å². The molecule has 6 heteroatoms. The fraction of sp³-hybridized carbons (Fsp3) is 0.167. The molecule has 1 aromatic carbocycles. The lowest BCUT2D eigenvalue weighted by Crippen LogP contribution is -2.23. The number of pyridine rings is 2. The van der Waals surface area contributed by atoms with Gasteiger partial charge in [0.05, 0.1) is 28.7 Å². The van der Waals surface area contributed by atoms with Crippen molar-refractivity contribution in [2.45, 2.75) is 11.9 Å². The first-order valence-electron chi connectivity index (χ1n) is 7.48. The molecule has 0 saturated heterocycles. The topological polar surface area (TPSA) is 61.2 Å². The van der Waals surface area contributed by atoms with E-state index in [-0.39, 0.29) is 17.6 Å². The second kappa shape index (κ2) is 6.88. The number of benzene rings is 1. The van der Waals surface area contributed by atoms with Crippen molar-refractivity contribution in [1.82, 2.24) is 9.55 Å². The van der Waals surface area contributed by atoms with Crippen molar-refractivity contribution in [1.29, 1.82) is 0 Å². The van der Waals surface area contributed by atoms with Crippen molar-refractivity contribution in [2.75, 3.05) is 12.9 Å². The van der Waals surface area contributed by atoms with Gasteiger partial charge in [0.15, 0.2) is 0 Å². The largest absolute Gasteiger partial charge is 0.462 e. The molecule has 0 bridgehead atoms. The number of nitrogens with zero attached hydrogens (tertiary/aromatic N) is 2. The molecular weight excluding hydrogens is 324 g/mol. The Bertz CT molecular complexity index is 952. The van der Waals surface area contributed by atoms with E-state index in [0.717, 1.165) is 5.69 Å². The maximum absolute atomic E-state index is 12.9. The van der Waals surface area contributed by atoms with E-state index in [2.05, 4.69) is 4.98 Å². The minimum absolute atomic E-state index is 0.0619. The predicted octanol–water partition coefficient (Wildman–Crippen LogP) is 3.28. The molecule has 0 aliphatic heterocycles. The van der Waals surface area contributed by atoms with Crippen molar-refractivity contribution in [3.05, 3.63) is 64.6 Å². The Labute approximate surface area is 143 Å². The van der Waals surface area contributed by atoms with E-state index in [1.54, 1.807) is 25.4 Å². The lowest BCUT2D eigenvalue weighted by Gasteiger charge is -2.18. The minimum Gasteiger partial charge on any atom is -0.462 e. The van der Waals surface area contributed by atoms with Crippen molar-refractivity contribution in [3.8, 4) is 5.69 Å². The molecule has 0 spiro atoms. The second-order valence-electron chi connectivity index (χ2n) is 5.00. The zero-order chi connectivity index (χ0) is 17.1. The minimum atomic E-state index is -0.602. The molecule has 0 atom stereocenters. The molecule has 0 radical (unpaired) electrons. The lowest BCUT2D eigenvalue weighted by atomic mass is 10.1. The maximum atomic E-state index is 12.9. The zero-order valence-electron chi connectivity index (χ0n) is 13.4. The van der Waals surface area contributed by atoms with Gasteiger partial charge in [0.1, 0.15) is 5.56 Å². The van der Waals surface area contributed by atoms with Crippen LogP contribution >= 0.6 is 11.8 Å². The SMILES string of the molecule is CCOC(=O)c1c(SC)n(-c2ccccc2)c2cnccc2c1=O. The smallest absolute Gasteiger partial charge is 0.344 e. The molecule has 2 aromatic heterocycles. The third-order valence-electron chi connectivity index (χ3n) is 3.62. The van der Waals surface area contributed by atoms with Gasteiger partial charge in [-0.25, -0.2) is 4.79 Å². The van der Waals surface area contributed by atoms with Crippen molar-refractivity contribution >= 4 is 28.6 Å². The molecule has 3 rings (SSSR count). The van der Waals surface area contributed by atoms with Gasteiger partial charge >= 0.3 is 5.97 Å². The molecule has 0 saturated carbocycles. The van der Waals surface area contributed by atoms with Gasteiger partial charge in [0.2, 0.25) is 5.43 Å². The molecule has 0 aliphatic carbocycles. The summed E-state index contributed by atoms with van der Waals surface area (Å²) in [6.07, 6.45) is 5.02. The van der Waals surface area contributed by atoms with Crippen molar-refractivity contribution < 1.29 is 9.53 Å². The Morgan fingerprint density at radius 2 is 2.00 bits per heavy atom. The van der Waals surface area contributed by atoms with E-state index >= 15 is 0 Å². The summed E-state index contributed by atoms with van der Waals surface area (Å²) in [6.45, 7) is 1.93. The average molecular weight is 340 g/mol. The molecule has 2 heterocycles. The summed E-state index contributed by atoms with van der Waals surface area (Å²) < 4.78 is 6.99. The van der Waals surface area contributed by atoms with Gasteiger partial charge in [0.25, 0.3) is 0 Å². The molecule has 0 unspecified atom stereocenters. The number of esters is 1. The lowest BCUT2D eigenvalue weighted by molar-refractivity contribution is 0.0519. The predicted molar refractivity (Wildman–Crippen MR) is 95.1 cm³/mol. The first-order chi connectivity index (χ1) is 11.7. The number of hydrogen-bond donors (Lipinski definition) is 0. The van der Waals surface area contributed by atoms with Crippen LogP contribution in [0.4, 0.5) is 0 Å². The molecule has 3 aromatic rings. The number of rotatable bonds is 4. The fourth-order valence-electron chi connectivity index (χ4n) is 2.62. The molecule has 122 valence electrons. The van der Waals surface area contributed by atoms with Gasteiger partial charge in [-0.1, -0.05) is 18.2 Å². The number of ether oxygens (including phenoxy) is 1. The van der Waals surface area contributed by atoms with E-state index < -0.39 is 5.97 Å². The second-order valence-corrected chi connectivity index (χ2v) is 5.79. The highest BCUT2D eigenvalue weighted by molar-refractivity contribution is 7.98. The fourth-order valence-corrected chi connectivity index (χ4v) is 3.39. The number of carbonyl (C=O) groups is 1. The number of para-hydroxylation sites is 1. The molecule has 0 aliphatic rings. The van der Waals surface area contributed by atoms with E-state index in [0.29, 0.717) is 15.9 Å². The van der Waals surface area contributed by atoms with Gasteiger partial charge in [0, 0.05) is 11.9 Å². The standard InChI is InChI=1S/C18H16N2O3S/c1-3-23-18(22)15-16(21)13-9-10-19-11-14(13)20(17(15)24-2)12-7-5-4-6-8-12/h4-11H,3H2,1-2H3. The van der Waals surface area contributed by atoms with Crippen LogP contribution in [-0.4, -0.2) is 28.4 Å². The maximum Gasteiger partial charge on any atom is 0.344 e. The van der Waals surface area contributed by atoms with Gasteiger partial charge < -0.3 is 9.30 Å². The number of thioether (sulfide) groups is 1. The number of hydrogen-bond acceptors (Lipinski definition) is 5. The summed E-state index contributed by atoms with van der Waals surface area (Å²) in [5.41, 5.74) is 1.24. The van der Waals surface area contributed by atoms with Crippen LogP contribution in [0.25, 0.3) is 16.6 Å². The Kier molecular flexibility index (Phi) is 4.66. The van der Waals surface area contributed by atoms with E-state index in [1.807, 2.05) is 41.2 Å². The third-order valence-corrected chi connectivity index (χ3v) is 4.39. The van der Waals surface area contributed by atoms with Crippen LogP contribution in [0.1, 0.15) is 17.3 Å². The summed E-state index contributed by atoms with van der Waals surface area (Å²) >= 11 is 1.33. The van der Waals surface area contributed by atoms with Crippen LogP contribution in [-0.2, 0) is 4.74 Å². The number of carbonyl (C=O) groups excluding carboxylic acids is 1. The summed E-state index contributed by atoms with van der Waals surface area (Å²) in [5.74, 6) is -0.602. The molecule has 0 fully saturated rings. The molecule has 5 nitrogen and oxygen atoms in total. The quantitative estimate of drug-likeness (QED) is 0.539. The van der Waals surface area contributed by atoms with Crippen LogP contribution in [0.3, 0.4) is 0 Å². The van der Waals surface area contributed by atoms with Crippen LogP contribution < -0.4 is 5.43 Å². The summed E-state index contributed by atoms with van der Waals surface area (Å²) in [6, 6.07) is 11.2. The van der Waals surface area contributed by atoms with Gasteiger partial charge in [-0.3, -0.25) is 9.78 Å².